The molecule has 2 aromatic rings. The molecule has 6 heteroatoms. The van der Waals surface area contributed by atoms with Crippen LogP contribution in [0.4, 0.5) is 11.4 Å². The molecule has 1 heterocycles. The molecule has 0 aliphatic heterocycles. The summed E-state index contributed by atoms with van der Waals surface area (Å²) in [4.78, 5) is 16.1. The second-order valence-electron chi connectivity index (χ2n) is 4.79. The predicted molar refractivity (Wildman–Crippen MR) is 91.2 cm³/mol. The number of carbonyl (C=O) groups is 1. The van der Waals surface area contributed by atoms with Gasteiger partial charge in [0.05, 0.1) is 10.0 Å². The number of rotatable bonds is 6. The molecule has 116 valence electrons. The molecule has 0 saturated carbocycles. The van der Waals surface area contributed by atoms with Crippen molar-refractivity contribution < 1.29 is 4.79 Å². The van der Waals surface area contributed by atoms with Gasteiger partial charge in [-0.1, -0.05) is 36.5 Å². The Morgan fingerprint density at radius 2 is 1.91 bits per heavy atom. The van der Waals surface area contributed by atoms with Crippen molar-refractivity contribution in [2.24, 2.45) is 0 Å². The first-order chi connectivity index (χ1) is 10.6. The molecular weight excluding hydrogens is 321 g/mol. The third-order valence-corrected chi connectivity index (χ3v) is 3.76. The van der Waals surface area contributed by atoms with E-state index in [2.05, 4.69) is 22.5 Å². The highest BCUT2D eigenvalue weighted by Crippen LogP contribution is 2.26. The number of nitrogens with one attached hydrogen (secondary N) is 2. The SMILES string of the molecule is CCCCNC(=O)c1cc(Nc2ccc(Cl)c(Cl)c2)ccn1. The Balaban J connectivity index is 2.07. The smallest absolute Gasteiger partial charge is 0.269 e. The minimum Gasteiger partial charge on any atom is -0.355 e. The molecule has 22 heavy (non-hydrogen) atoms. The van der Waals surface area contributed by atoms with E-state index in [0.29, 0.717) is 22.3 Å². The Morgan fingerprint density at radius 1 is 1.14 bits per heavy atom. The van der Waals surface area contributed by atoms with E-state index < -0.39 is 0 Å². The molecule has 4 nitrogen and oxygen atoms in total. The van der Waals surface area contributed by atoms with Gasteiger partial charge in [0.15, 0.2) is 0 Å². The summed E-state index contributed by atoms with van der Waals surface area (Å²) in [6.45, 7) is 2.73. The first-order valence-electron chi connectivity index (χ1n) is 7.06. The fraction of sp³-hybridized carbons (Fsp3) is 0.250. The van der Waals surface area contributed by atoms with Gasteiger partial charge in [0, 0.05) is 24.1 Å². The van der Waals surface area contributed by atoms with Crippen LogP contribution < -0.4 is 10.6 Å². The van der Waals surface area contributed by atoms with Gasteiger partial charge in [0.1, 0.15) is 5.69 Å². The van der Waals surface area contributed by atoms with Crippen LogP contribution in [0, 0.1) is 0 Å². The lowest BCUT2D eigenvalue weighted by Gasteiger charge is -2.09. The van der Waals surface area contributed by atoms with Crippen LogP contribution in [0.15, 0.2) is 36.5 Å². The van der Waals surface area contributed by atoms with Crippen molar-refractivity contribution in [2.75, 3.05) is 11.9 Å². The number of carbonyl (C=O) groups excluding carboxylic acids is 1. The standard InChI is InChI=1S/C16H17Cl2N3O/c1-2-3-7-20-16(22)15-10-12(6-8-19-15)21-11-4-5-13(17)14(18)9-11/h4-6,8-10H,2-3,7H2,1H3,(H,19,21)(H,20,22). The van der Waals surface area contributed by atoms with Gasteiger partial charge in [-0.15, -0.1) is 0 Å². The van der Waals surface area contributed by atoms with Crippen LogP contribution in [-0.2, 0) is 0 Å². The molecule has 1 amide bonds. The first-order valence-corrected chi connectivity index (χ1v) is 7.82. The number of nitrogens with zero attached hydrogens (tertiary/aromatic N) is 1. The highest BCUT2D eigenvalue weighted by Gasteiger charge is 2.07. The molecule has 0 atom stereocenters. The Labute approximate surface area is 139 Å². The van der Waals surface area contributed by atoms with Crippen molar-refractivity contribution in [2.45, 2.75) is 19.8 Å². The van der Waals surface area contributed by atoms with Crippen molar-refractivity contribution >= 4 is 40.5 Å². The fourth-order valence-electron chi connectivity index (χ4n) is 1.84. The summed E-state index contributed by atoms with van der Waals surface area (Å²) in [5, 5.41) is 6.98. The van der Waals surface area contributed by atoms with Gasteiger partial charge in [-0.25, -0.2) is 0 Å². The predicted octanol–water partition coefficient (Wildman–Crippen LogP) is 4.66. The van der Waals surface area contributed by atoms with E-state index in [9.17, 15) is 4.79 Å². The van der Waals surface area contributed by atoms with E-state index in [-0.39, 0.29) is 5.91 Å². The quantitative estimate of drug-likeness (QED) is 0.753. The monoisotopic (exact) mass is 337 g/mol. The molecule has 0 bridgehead atoms. The van der Waals surface area contributed by atoms with Crippen molar-refractivity contribution in [3.8, 4) is 0 Å². The molecule has 0 spiro atoms. The average Bonchev–Trinajstić information content (AvgIpc) is 2.51. The molecule has 0 saturated heterocycles. The second-order valence-corrected chi connectivity index (χ2v) is 5.61. The van der Waals surface area contributed by atoms with Crippen molar-refractivity contribution in [1.29, 1.82) is 0 Å². The topological polar surface area (TPSA) is 54.0 Å². The molecule has 1 aromatic heterocycles. The summed E-state index contributed by atoms with van der Waals surface area (Å²) in [6.07, 6.45) is 3.58. The van der Waals surface area contributed by atoms with Crippen LogP contribution in [0.1, 0.15) is 30.3 Å². The number of unbranched alkanes of at least 4 members (excludes halogenated alkanes) is 1. The molecule has 1 aromatic carbocycles. The molecule has 0 fully saturated rings. The number of halogens is 2. The molecule has 0 radical (unpaired) electrons. The maximum absolute atomic E-state index is 12.0. The van der Waals surface area contributed by atoms with Crippen LogP contribution in [0.3, 0.4) is 0 Å². The van der Waals surface area contributed by atoms with Crippen molar-refractivity contribution in [1.82, 2.24) is 10.3 Å². The molecule has 0 aliphatic rings. The Hall–Kier alpha value is -1.78. The molecule has 0 aliphatic carbocycles. The summed E-state index contributed by atoms with van der Waals surface area (Å²) in [5.74, 6) is -0.175. The van der Waals surface area contributed by atoms with Crippen LogP contribution in [0.2, 0.25) is 10.0 Å². The number of benzene rings is 1. The number of amides is 1. The van der Waals surface area contributed by atoms with Crippen LogP contribution in [0.25, 0.3) is 0 Å². The minimum atomic E-state index is -0.175. The summed E-state index contributed by atoms with van der Waals surface area (Å²) in [7, 11) is 0. The van der Waals surface area contributed by atoms with Gasteiger partial charge in [-0.05, 0) is 36.8 Å². The second kappa shape index (κ2) is 8.01. The zero-order valence-corrected chi connectivity index (χ0v) is 13.7. The van der Waals surface area contributed by atoms with Gasteiger partial charge >= 0.3 is 0 Å². The zero-order valence-electron chi connectivity index (χ0n) is 12.2. The van der Waals surface area contributed by atoms with Gasteiger partial charge in [0.25, 0.3) is 5.91 Å². The summed E-state index contributed by atoms with van der Waals surface area (Å²) in [5.41, 5.74) is 1.92. The average molecular weight is 338 g/mol. The molecular formula is C16H17Cl2N3O. The van der Waals surface area contributed by atoms with Gasteiger partial charge in [-0.3, -0.25) is 9.78 Å². The minimum absolute atomic E-state index is 0.175. The Bertz CT molecular complexity index is 662. The number of anilines is 2. The Kier molecular flexibility index (Phi) is 6.04. The van der Waals surface area contributed by atoms with Crippen molar-refractivity contribution in [3.05, 3.63) is 52.3 Å². The zero-order chi connectivity index (χ0) is 15.9. The number of hydrogen-bond acceptors (Lipinski definition) is 3. The Morgan fingerprint density at radius 3 is 2.64 bits per heavy atom. The summed E-state index contributed by atoms with van der Waals surface area (Å²) >= 11 is 11.9. The lowest BCUT2D eigenvalue weighted by atomic mass is 10.2. The van der Waals surface area contributed by atoms with E-state index in [1.165, 1.54) is 0 Å². The normalized spacial score (nSPS) is 10.3. The van der Waals surface area contributed by atoms with E-state index in [1.54, 1.807) is 30.5 Å². The highest BCUT2D eigenvalue weighted by atomic mass is 35.5. The van der Waals surface area contributed by atoms with Gasteiger partial charge < -0.3 is 10.6 Å². The van der Waals surface area contributed by atoms with Crippen LogP contribution in [0.5, 0.6) is 0 Å². The first kappa shape index (κ1) is 16.6. The molecule has 2 rings (SSSR count). The third-order valence-electron chi connectivity index (χ3n) is 3.02. The van der Waals surface area contributed by atoms with E-state index in [1.807, 2.05) is 6.07 Å². The molecule has 0 unspecified atom stereocenters. The maximum Gasteiger partial charge on any atom is 0.269 e. The van der Waals surface area contributed by atoms with Crippen molar-refractivity contribution in [3.63, 3.8) is 0 Å². The van der Waals surface area contributed by atoms with E-state index in [0.717, 1.165) is 24.2 Å². The fourth-order valence-corrected chi connectivity index (χ4v) is 2.14. The lowest BCUT2D eigenvalue weighted by molar-refractivity contribution is 0.0948. The van der Waals surface area contributed by atoms with Gasteiger partial charge in [0.2, 0.25) is 0 Å². The summed E-state index contributed by atoms with van der Waals surface area (Å²) < 4.78 is 0. The number of hydrogen-bond donors (Lipinski definition) is 2. The number of pyridine rings is 1. The van der Waals surface area contributed by atoms with Crippen LogP contribution in [-0.4, -0.2) is 17.4 Å². The lowest BCUT2D eigenvalue weighted by Crippen LogP contribution is -2.25. The van der Waals surface area contributed by atoms with E-state index in [4.69, 9.17) is 23.2 Å². The third kappa shape index (κ3) is 4.61. The van der Waals surface area contributed by atoms with Crippen LogP contribution >= 0.6 is 23.2 Å². The highest BCUT2D eigenvalue weighted by molar-refractivity contribution is 6.42. The van der Waals surface area contributed by atoms with E-state index >= 15 is 0 Å². The maximum atomic E-state index is 12.0. The summed E-state index contributed by atoms with van der Waals surface area (Å²) in [6, 6.07) is 8.74. The largest absolute Gasteiger partial charge is 0.355 e. The van der Waals surface area contributed by atoms with Gasteiger partial charge in [-0.2, -0.15) is 0 Å². The molecule has 2 N–H and O–H groups in total. The number of aromatic nitrogens is 1.